The molecule has 22 heavy (non-hydrogen) atoms. The van der Waals surface area contributed by atoms with Gasteiger partial charge in [0.1, 0.15) is 5.75 Å². The molecule has 6 heteroatoms. The Morgan fingerprint density at radius 1 is 1.32 bits per heavy atom. The maximum Gasteiger partial charge on any atom is 0.343 e. The Morgan fingerprint density at radius 3 is 2.73 bits per heavy atom. The van der Waals surface area contributed by atoms with Crippen LogP contribution in [0.3, 0.4) is 0 Å². The van der Waals surface area contributed by atoms with E-state index in [1.165, 1.54) is 20.0 Å². The van der Waals surface area contributed by atoms with Crippen LogP contribution in [0, 0.1) is 12.8 Å². The maximum absolute atomic E-state index is 11.8. The SMILES string of the molecule is COC(=O)COc1ccc(NC(=O)CNCC2CC2)c(C)c1. The Bertz CT molecular complexity index is 541. The van der Waals surface area contributed by atoms with Gasteiger partial charge in [0.2, 0.25) is 5.91 Å². The molecule has 1 aliphatic rings. The second-order valence-corrected chi connectivity index (χ2v) is 5.46. The van der Waals surface area contributed by atoms with Crippen LogP contribution in [0.4, 0.5) is 5.69 Å². The van der Waals surface area contributed by atoms with Crippen LogP contribution >= 0.6 is 0 Å². The van der Waals surface area contributed by atoms with Crippen LogP contribution < -0.4 is 15.4 Å². The molecule has 2 rings (SSSR count). The number of nitrogens with one attached hydrogen (secondary N) is 2. The molecule has 0 atom stereocenters. The van der Waals surface area contributed by atoms with E-state index >= 15 is 0 Å². The summed E-state index contributed by atoms with van der Waals surface area (Å²) in [5, 5.41) is 6.01. The van der Waals surface area contributed by atoms with E-state index in [9.17, 15) is 9.59 Å². The fourth-order valence-corrected chi connectivity index (χ4v) is 1.97. The van der Waals surface area contributed by atoms with E-state index in [1.54, 1.807) is 18.2 Å². The molecule has 0 aliphatic heterocycles. The number of amides is 1. The molecule has 1 fully saturated rings. The average Bonchev–Trinajstić information content (AvgIpc) is 3.31. The number of carbonyl (C=O) groups is 2. The zero-order valence-electron chi connectivity index (χ0n) is 13.0. The molecule has 0 saturated heterocycles. The zero-order valence-corrected chi connectivity index (χ0v) is 13.0. The number of benzene rings is 1. The number of ether oxygens (including phenoxy) is 2. The van der Waals surface area contributed by atoms with E-state index in [0.29, 0.717) is 12.3 Å². The van der Waals surface area contributed by atoms with Crippen molar-refractivity contribution in [2.45, 2.75) is 19.8 Å². The minimum absolute atomic E-state index is 0.0630. The Kier molecular flexibility index (Phi) is 5.77. The first kappa shape index (κ1) is 16.3. The zero-order chi connectivity index (χ0) is 15.9. The van der Waals surface area contributed by atoms with Gasteiger partial charge >= 0.3 is 5.97 Å². The second-order valence-electron chi connectivity index (χ2n) is 5.46. The summed E-state index contributed by atoms with van der Waals surface area (Å²) in [6.45, 7) is 2.97. The lowest BCUT2D eigenvalue weighted by Gasteiger charge is -2.11. The Morgan fingerprint density at radius 2 is 2.09 bits per heavy atom. The Labute approximate surface area is 130 Å². The highest BCUT2D eigenvalue weighted by atomic mass is 16.6. The molecule has 0 bridgehead atoms. The summed E-state index contributed by atoms with van der Waals surface area (Å²) in [5.74, 6) is 0.817. The van der Waals surface area contributed by atoms with Gasteiger partial charge in [-0.2, -0.15) is 0 Å². The van der Waals surface area contributed by atoms with Crippen molar-refractivity contribution < 1.29 is 19.1 Å². The van der Waals surface area contributed by atoms with Crippen molar-refractivity contribution in [2.24, 2.45) is 5.92 Å². The number of methoxy groups -OCH3 is 1. The average molecular weight is 306 g/mol. The van der Waals surface area contributed by atoms with E-state index in [4.69, 9.17) is 4.74 Å². The van der Waals surface area contributed by atoms with Gasteiger partial charge in [0.05, 0.1) is 13.7 Å². The van der Waals surface area contributed by atoms with Crippen molar-refractivity contribution in [2.75, 3.05) is 32.1 Å². The van der Waals surface area contributed by atoms with Crippen molar-refractivity contribution in [1.29, 1.82) is 0 Å². The van der Waals surface area contributed by atoms with Gasteiger partial charge in [-0.1, -0.05) is 0 Å². The number of carbonyl (C=O) groups excluding carboxylic acids is 2. The monoisotopic (exact) mass is 306 g/mol. The topological polar surface area (TPSA) is 76.7 Å². The molecule has 1 amide bonds. The van der Waals surface area contributed by atoms with Crippen LogP contribution in [0.5, 0.6) is 5.75 Å². The second kappa shape index (κ2) is 7.79. The van der Waals surface area contributed by atoms with Crippen molar-refractivity contribution >= 4 is 17.6 Å². The summed E-state index contributed by atoms with van der Waals surface area (Å²) in [5.41, 5.74) is 1.61. The smallest absolute Gasteiger partial charge is 0.343 e. The third-order valence-electron chi connectivity index (χ3n) is 3.47. The highest BCUT2D eigenvalue weighted by Crippen LogP contribution is 2.27. The molecule has 2 N–H and O–H groups in total. The van der Waals surface area contributed by atoms with Crippen LogP contribution in [0.2, 0.25) is 0 Å². The molecule has 0 spiro atoms. The van der Waals surface area contributed by atoms with Gasteiger partial charge in [-0.05, 0) is 56.0 Å². The van der Waals surface area contributed by atoms with Crippen LogP contribution in [0.1, 0.15) is 18.4 Å². The van der Waals surface area contributed by atoms with E-state index in [0.717, 1.165) is 23.7 Å². The lowest BCUT2D eigenvalue weighted by molar-refractivity contribution is -0.142. The molecule has 0 unspecified atom stereocenters. The normalized spacial score (nSPS) is 13.5. The molecule has 1 aromatic rings. The summed E-state index contributed by atoms with van der Waals surface area (Å²) in [7, 11) is 1.31. The first-order chi connectivity index (χ1) is 10.6. The lowest BCUT2D eigenvalue weighted by atomic mass is 10.2. The summed E-state index contributed by atoms with van der Waals surface area (Å²) in [6.07, 6.45) is 2.53. The number of anilines is 1. The van der Waals surface area contributed by atoms with Crippen LogP contribution in [-0.2, 0) is 14.3 Å². The standard InChI is InChI=1S/C16H22N2O4/c1-11-7-13(22-10-16(20)21-2)5-6-14(11)18-15(19)9-17-8-12-3-4-12/h5-7,12,17H,3-4,8-10H2,1-2H3,(H,18,19). The van der Waals surface area contributed by atoms with Crippen molar-refractivity contribution in [3.63, 3.8) is 0 Å². The largest absolute Gasteiger partial charge is 0.482 e. The molecule has 0 radical (unpaired) electrons. The lowest BCUT2D eigenvalue weighted by Crippen LogP contribution is -2.29. The van der Waals surface area contributed by atoms with E-state index in [1.807, 2.05) is 6.92 Å². The summed E-state index contributed by atoms with van der Waals surface area (Å²) in [4.78, 5) is 22.9. The molecular formula is C16H22N2O4. The van der Waals surface area contributed by atoms with Gasteiger partial charge in [-0.15, -0.1) is 0 Å². The van der Waals surface area contributed by atoms with Gasteiger partial charge in [0.15, 0.2) is 6.61 Å². The van der Waals surface area contributed by atoms with E-state index in [-0.39, 0.29) is 12.5 Å². The number of aryl methyl sites for hydroxylation is 1. The minimum atomic E-state index is -0.434. The van der Waals surface area contributed by atoms with Crippen molar-refractivity contribution in [3.8, 4) is 5.75 Å². The molecule has 1 aromatic carbocycles. The molecule has 6 nitrogen and oxygen atoms in total. The molecule has 0 heterocycles. The Hall–Kier alpha value is -2.08. The molecule has 1 saturated carbocycles. The first-order valence-corrected chi connectivity index (χ1v) is 7.39. The predicted molar refractivity (Wildman–Crippen MR) is 82.9 cm³/mol. The van der Waals surface area contributed by atoms with Crippen molar-refractivity contribution in [3.05, 3.63) is 23.8 Å². The number of hydrogen-bond donors (Lipinski definition) is 2. The van der Waals surface area contributed by atoms with E-state index < -0.39 is 5.97 Å². The number of rotatable bonds is 8. The minimum Gasteiger partial charge on any atom is -0.482 e. The van der Waals surface area contributed by atoms with Crippen LogP contribution in [0.15, 0.2) is 18.2 Å². The molecule has 0 aromatic heterocycles. The number of hydrogen-bond acceptors (Lipinski definition) is 5. The maximum atomic E-state index is 11.8. The fraction of sp³-hybridized carbons (Fsp3) is 0.500. The molecule has 120 valence electrons. The quantitative estimate of drug-likeness (QED) is 0.712. The van der Waals surface area contributed by atoms with Gasteiger partial charge in [0, 0.05) is 5.69 Å². The van der Waals surface area contributed by atoms with Crippen LogP contribution in [0.25, 0.3) is 0 Å². The van der Waals surface area contributed by atoms with Gasteiger partial charge < -0.3 is 20.1 Å². The summed E-state index contributed by atoms with van der Waals surface area (Å²) in [6, 6.07) is 5.25. The highest BCUT2D eigenvalue weighted by molar-refractivity contribution is 5.93. The van der Waals surface area contributed by atoms with Gasteiger partial charge in [0.25, 0.3) is 0 Å². The fourth-order valence-electron chi connectivity index (χ4n) is 1.97. The Balaban J connectivity index is 1.80. The van der Waals surface area contributed by atoms with Crippen LogP contribution in [-0.4, -0.2) is 38.7 Å². The predicted octanol–water partition coefficient (Wildman–Crippen LogP) is 1.48. The highest BCUT2D eigenvalue weighted by Gasteiger charge is 2.20. The summed E-state index contributed by atoms with van der Waals surface area (Å²) < 4.78 is 9.81. The first-order valence-electron chi connectivity index (χ1n) is 7.39. The van der Waals surface area contributed by atoms with Crippen molar-refractivity contribution in [1.82, 2.24) is 5.32 Å². The summed E-state index contributed by atoms with van der Waals surface area (Å²) >= 11 is 0. The van der Waals surface area contributed by atoms with E-state index in [2.05, 4.69) is 15.4 Å². The third-order valence-corrected chi connectivity index (χ3v) is 3.47. The van der Waals surface area contributed by atoms with Gasteiger partial charge in [-0.3, -0.25) is 4.79 Å². The third kappa shape index (κ3) is 5.37. The van der Waals surface area contributed by atoms with Gasteiger partial charge in [-0.25, -0.2) is 4.79 Å². The molecule has 1 aliphatic carbocycles. The number of esters is 1. The molecular weight excluding hydrogens is 284 g/mol.